The summed E-state index contributed by atoms with van der Waals surface area (Å²) in [4.78, 5) is 23.2. The van der Waals surface area contributed by atoms with E-state index in [4.69, 9.17) is 4.74 Å². The predicted octanol–water partition coefficient (Wildman–Crippen LogP) is 3.00. The van der Waals surface area contributed by atoms with Crippen molar-refractivity contribution < 1.29 is 9.53 Å². The minimum absolute atomic E-state index is 0.117. The zero-order valence-corrected chi connectivity index (χ0v) is 16.2. The van der Waals surface area contributed by atoms with Crippen molar-refractivity contribution in [2.24, 2.45) is 0 Å². The quantitative estimate of drug-likeness (QED) is 0.787. The van der Waals surface area contributed by atoms with E-state index in [2.05, 4.69) is 47.9 Å². The predicted molar refractivity (Wildman–Crippen MR) is 103 cm³/mol. The van der Waals surface area contributed by atoms with Crippen molar-refractivity contribution in [2.75, 3.05) is 20.2 Å². The minimum atomic E-state index is -0.117. The lowest BCUT2D eigenvalue weighted by molar-refractivity contribution is 0.0939. The van der Waals surface area contributed by atoms with Crippen LogP contribution < -0.4 is 10.1 Å². The molecule has 0 atom stereocenters. The topological polar surface area (TPSA) is 67.3 Å². The molecule has 0 saturated heterocycles. The Morgan fingerprint density at radius 3 is 2.42 bits per heavy atom. The summed E-state index contributed by atoms with van der Waals surface area (Å²) >= 11 is 0. The molecule has 2 aromatic rings. The highest BCUT2D eigenvalue weighted by Crippen LogP contribution is 2.20. The molecular weight excluding hydrogens is 328 g/mol. The van der Waals surface area contributed by atoms with E-state index in [0.717, 1.165) is 17.7 Å². The lowest BCUT2D eigenvalue weighted by Crippen LogP contribution is -2.42. The second-order valence-electron chi connectivity index (χ2n) is 6.73. The van der Waals surface area contributed by atoms with Gasteiger partial charge in [-0.2, -0.15) is 0 Å². The standard InChI is InChI=1S/C20H28N4O2/c1-14(2)24(15(3)4)9-8-22-20(25)18-10-17(11-21-12-18)16-6-7-19(26-5)23-13-16/h6-7,10-15H,8-9H2,1-5H3,(H,22,25). The van der Waals surface area contributed by atoms with Crippen LogP contribution >= 0.6 is 0 Å². The molecule has 1 N–H and O–H groups in total. The summed E-state index contributed by atoms with van der Waals surface area (Å²) in [6.45, 7) is 10.1. The van der Waals surface area contributed by atoms with Gasteiger partial charge in [-0.05, 0) is 39.8 Å². The fourth-order valence-electron chi connectivity index (χ4n) is 2.91. The van der Waals surface area contributed by atoms with Gasteiger partial charge in [0, 0.05) is 61.0 Å². The van der Waals surface area contributed by atoms with Crippen LogP contribution in [0.15, 0.2) is 36.8 Å². The number of hydrogen-bond acceptors (Lipinski definition) is 5. The summed E-state index contributed by atoms with van der Waals surface area (Å²) in [6.07, 6.45) is 5.01. The molecule has 0 aliphatic carbocycles. The van der Waals surface area contributed by atoms with Gasteiger partial charge >= 0.3 is 0 Å². The third-order valence-corrected chi connectivity index (χ3v) is 4.26. The molecule has 0 spiro atoms. The molecular formula is C20H28N4O2. The highest BCUT2D eigenvalue weighted by Gasteiger charge is 2.14. The van der Waals surface area contributed by atoms with Gasteiger partial charge in [0.1, 0.15) is 0 Å². The van der Waals surface area contributed by atoms with Crippen molar-refractivity contribution in [2.45, 2.75) is 39.8 Å². The zero-order chi connectivity index (χ0) is 19.1. The minimum Gasteiger partial charge on any atom is -0.481 e. The first kappa shape index (κ1) is 19.8. The van der Waals surface area contributed by atoms with Crippen LogP contribution in [0.1, 0.15) is 38.1 Å². The molecule has 6 heteroatoms. The Morgan fingerprint density at radius 2 is 1.85 bits per heavy atom. The van der Waals surface area contributed by atoms with E-state index in [1.807, 2.05) is 12.1 Å². The highest BCUT2D eigenvalue weighted by molar-refractivity contribution is 5.95. The molecule has 1 amide bonds. The van der Waals surface area contributed by atoms with Crippen LogP contribution in [0.25, 0.3) is 11.1 Å². The van der Waals surface area contributed by atoms with Crippen molar-refractivity contribution >= 4 is 5.91 Å². The second kappa shape index (κ2) is 9.29. The zero-order valence-electron chi connectivity index (χ0n) is 16.2. The number of rotatable bonds is 8. The summed E-state index contributed by atoms with van der Waals surface area (Å²) in [5.74, 6) is 0.434. The third kappa shape index (κ3) is 5.26. The van der Waals surface area contributed by atoms with Crippen molar-refractivity contribution in [1.82, 2.24) is 20.2 Å². The molecule has 0 saturated carbocycles. The van der Waals surface area contributed by atoms with Gasteiger partial charge in [-0.15, -0.1) is 0 Å². The van der Waals surface area contributed by atoms with Gasteiger partial charge in [-0.25, -0.2) is 4.98 Å². The number of aromatic nitrogens is 2. The van der Waals surface area contributed by atoms with Gasteiger partial charge in [-0.1, -0.05) is 0 Å². The molecule has 0 aromatic carbocycles. The second-order valence-corrected chi connectivity index (χ2v) is 6.73. The smallest absolute Gasteiger partial charge is 0.252 e. The molecule has 140 valence electrons. The summed E-state index contributed by atoms with van der Waals surface area (Å²) in [5, 5.41) is 2.98. The van der Waals surface area contributed by atoms with Gasteiger partial charge in [0.05, 0.1) is 12.7 Å². The number of methoxy groups -OCH3 is 1. The van der Waals surface area contributed by atoms with E-state index < -0.39 is 0 Å². The first-order valence-electron chi connectivity index (χ1n) is 8.91. The van der Waals surface area contributed by atoms with Crippen molar-refractivity contribution in [3.05, 3.63) is 42.4 Å². The number of nitrogens with zero attached hydrogens (tertiary/aromatic N) is 3. The molecule has 0 unspecified atom stereocenters. The van der Waals surface area contributed by atoms with Crippen LogP contribution in [0.2, 0.25) is 0 Å². The monoisotopic (exact) mass is 356 g/mol. The van der Waals surface area contributed by atoms with Gasteiger partial charge < -0.3 is 10.1 Å². The normalized spacial score (nSPS) is 11.2. The number of hydrogen-bond donors (Lipinski definition) is 1. The van der Waals surface area contributed by atoms with Crippen molar-refractivity contribution in [3.8, 4) is 17.0 Å². The molecule has 0 aliphatic heterocycles. The maximum absolute atomic E-state index is 12.4. The third-order valence-electron chi connectivity index (χ3n) is 4.26. The Bertz CT molecular complexity index is 706. The van der Waals surface area contributed by atoms with Crippen LogP contribution in [-0.2, 0) is 0 Å². The van der Waals surface area contributed by atoms with Gasteiger partial charge in [0.2, 0.25) is 5.88 Å². The largest absolute Gasteiger partial charge is 0.481 e. The molecule has 2 rings (SSSR count). The van der Waals surface area contributed by atoms with Crippen LogP contribution in [0.5, 0.6) is 5.88 Å². The van der Waals surface area contributed by atoms with Crippen LogP contribution in [-0.4, -0.2) is 53.1 Å². The summed E-state index contributed by atoms with van der Waals surface area (Å²) in [7, 11) is 1.58. The first-order valence-corrected chi connectivity index (χ1v) is 8.91. The Balaban J connectivity index is 2.01. The first-order chi connectivity index (χ1) is 12.4. The lowest BCUT2D eigenvalue weighted by atomic mass is 10.1. The van der Waals surface area contributed by atoms with Crippen LogP contribution in [0.3, 0.4) is 0 Å². The molecule has 6 nitrogen and oxygen atoms in total. The Labute approximate surface area is 155 Å². The van der Waals surface area contributed by atoms with E-state index in [9.17, 15) is 4.79 Å². The molecule has 2 aromatic heterocycles. The average Bonchev–Trinajstić information content (AvgIpc) is 2.64. The summed E-state index contributed by atoms with van der Waals surface area (Å²) in [5.41, 5.74) is 2.27. The summed E-state index contributed by atoms with van der Waals surface area (Å²) < 4.78 is 5.07. The van der Waals surface area contributed by atoms with Gasteiger partial charge in [0.25, 0.3) is 5.91 Å². The molecule has 0 aliphatic rings. The number of carbonyl (C=O) groups excluding carboxylic acids is 1. The maximum atomic E-state index is 12.4. The molecule has 0 bridgehead atoms. The van der Waals surface area contributed by atoms with Crippen molar-refractivity contribution in [3.63, 3.8) is 0 Å². The lowest BCUT2D eigenvalue weighted by Gasteiger charge is -2.30. The number of nitrogens with one attached hydrogen (secondary N) is 1. The Kier molecular flexibility index (Phi) is 7.09. The molecule has 0 fully saturated rings. The van der Waals surface area contributed by atoms with Crippen molar-refractivity contribution in [1.29, 1.82) is 0 Å². The number of pyridine rings is 2. The average molecular weight is 356 g/mol. The highest BCUT2D eigenvalue weighted by atomic mass is 16.5. The number of amides is 1. The maximum Gasteiger partial charge on any atom is 0.252 e. The van der Waals surface area contributed by atoms with Crippen LogP contribution in [0, 0.1) is 0 Å². The number of carbonyl (C=O) groups is 1. The molecule has 2 heterocycles. The van der Waals surface area contributed by atoms with E-state index in [-0.39, 0.29) is 5.91 Å². The molecule has 26 heavy (non-hydrogen) atoms. The Hall–Kier alpha value is -2.47. The van der Waals surface area contributed by atoms with E-state index in [1.54, 1.807) is 31.8 Å². The Morgan fingerprint density at radius 1 is 1.12 bits per heavy atom. The SMILES string of the molecule is COc1ccc(-c2cncc(C(=O)NCCN(C(C)C)C(C)C)c2)cn1. The van der Waals surface area contributed by atoms with E-state index in [0.29, 0.717) is 30.1 Å². The fraction of sp³-hybridized carbons (Fsp3) is 0.450. The van der Waals surface area contributed by atoms with E-state index >= 15 is 0 Å². The fourth-order valence-corrected chi connectivity index (χ4v) is 2.91. The summed E-state index contributed by atoms with van der Waals surface area (Å²) in [6, 6.07) is 6.40. The number of ether oxygens (including phenoxy) is 1. The van der Waals surface area contributed by atoms with Gasteiger partial charge in [0.15, 0.2) is 0 Å². The molecule has 0 radical (unpaired) electrons. The van der Waals surface area contributed by atoms with Gasteiger partial charge in [-0.3, -0.25) is 14.7 Å². The van der Waals surface area contributed by atoms with E-state index in [1.165, 1.54) is 0 Å². The van der Waals surface area contributed by atoms with Crippen LogP contribution in [0.4, 0.5) is 0 Å².